The van der Waals surface area contributed by atoms with Gasteiger partial charge in [0.15, 0.2) is 0 Å². The highest BCUT2D eigenvalue weighted by Crippen LogP contribution is 2.15. The van der Waals surface area contributed by atoms with E-state index in [1.54, 1.807) is 13.8 Å². The van der Waals surface area contributed by atoms with E-state index >= 15 is 0 Å². The van der Waals surface area contributed by atoms with Gasteiger partial charge >= 0.3 is 6.03 Å². The highest BCUT2D eigenvalue weighted by atomic mass is 32.2. The van der Waals surface area contributed by atoms with Gasteiger partial charge in [-0.2, -0.15) is 4.31 Å². The zero-order valence-corrected chi connectivity index (χ0v) is 14.8. The maximum absolute atomic E-state index is 13.0. The summed E-state index contributed by atoms with van der Waals surface area (Å²) in [5.74, 6) is -1.93. The van der Waals surface area contributed by atoms with Gasteiger partial charge < -0.3 is 15.4 Å². The molecular weight excluding hydrogens is 356 g/mol. The number of urea groups is 1. The van der Waals surface area contributed by atoms with Gasteiger partial charge in [0.1, 0.15) is 11.6 Å². The monoisotopic (exact) mass is 377 g/mol. The van der Waals surface area contributed by atoms with Gasteiger partial charge in [-0.15, -0.1) is 0 Å². The Morgan fingerprint density at radius 2 is 1.76 bits per heavy atom. The van der Waals surface area contributed by atoms with Gasteiger partial charge in [-0.1, -0.05) is 0 Å². The molecule has 1 aliphatic heterocycles. The zero-order chi connectivity index (χ0) is 18.6. The number of benzene rings is 1. The van der Waals surface area contributed by atoms with E-state index in [1.165, 1.54) is 4.31 Å². The molecule has 25 heavy (non-hydrogen) atoms. The normalized spacial score (nSPS) is 21.8. The lowest BCUT2D eigenvalue weighted by molar-refractivity contribution is -0.0440. The molecule has 1 aromatic carbocycles. The minimum absolute atomic E-state index is 0.0614. The van der Waals surface area contributed by atoms with Crippen molar-refractivity contribution < 1.29 is 26.7 Å². The van der Waals surface area contributed by atoms with E-state index in [9.17, 15) is 22.0 Å². The Morgan fingerprint density at radius 3 is 2.32 bits per heavy atom. The highest BCUT2D eigenvalue weighted by molar-refractivity contribution is 7.89. The van der Waals surface area contributed by atoms with E-state index in [2.05, 4.69) is 10.6 Å². The van der Waals surface area contributed by atoms with Gasteiger partial charge in [-0.05, 0) is 26.0 Å². The lowest BCUT2D eigenvalue weighted by Gasteiger charge is -2.34. The van der Waals surface area contributed by atoms with E-state index < -0.39 is 27.7 Å². The van der Waals surface area contributed by atoms with E-state index in [1.807, 2.05) is 0 Å². The van der Waals surface area contributed by atoms with Gasteiger partial charge in [0.05, 0.1) is 18.0 Å². The molecular formula is C15H21F2N3O4S. The third kappa shape index (κ3) is 5.91. The summed E-state index contributed by atoms with van der Waals surface area (Å²) in [6.07, 6.45) is -0.393. The van der Waals surface area contributed by atoms with E-state index in [0.717, 1.165) is 12.1 Å². The number of hydrogen-bond acceptors (Lipinski definition) is 4. The van der Waals surface area contributed by atoms with Crippen molar-refractivity contribution in [2.24, 2.45) is 0 Å². The molecule has 0 aliphatic carbocycles. The first-order chi connectivity index (χ1) is 11.7. The fourth-order valence-corrected chi connectivity index (χ4v) is 4.07. The average Bonchev–Trinajstić information content (AvgIpc) is 2.44. The molecule has 0 aromatic heterocycles. The molecule has 7 nitrogen and oxygen atoms in total. The number of sulfonamides is 1. The summed E-state index contributed by atoms with van der Waals surface area (Å²) < 4.78 is 57.5. The maximum Gasteiger partial charge on any atom is 0.319 e. The van der Waals surface area contributed by atoms with Crippen LogP contribution in [0.5, 0.6) is 0 Å². The molecule has 0 saturated carbocycles. The van der Waals surface area contributed by atoms with Crippen LogP contribution in [0.25, 0.3) is 0 Å². The van der Waals surface area contributed by atoms with Crippen LogP contribution >= 0.6 is 0 Å². The van der Waals surface area contributed by atoms with Crippen LogP contribution in [0.1, 0.15) is 13.8 Å². The molecule has 2 atom stereocenters. The highest BCUT2D eigenvalue weighted by Gasteiger charge is 2.30. The number of rotatable bonds is 5. The topological polar surface area (TPSA) is 87.7 Å². The fraction of sp³-hybridized carbons (Fsp3) is 0.533. The van der Waals surface area contributed by atoms with Crippen molar-refractivity contribution in [2.45, 2.75) is 26.1 Å². The summed E-state index contributed by atoms with van der Waals surface area (Å²) in [7, 11) is -3.54. The smallest absolute Gasteiger partial charge is 0.319 e. The molecule has 1 saturated heterocycles. The number of nitrogens with one attached hydrogen (secondary N) is 2. The van der Waals surface area contributed by atoms with Crippen molar-refractivity contribution in [1.82, 2.24) is 9.62 Å². The second kappa shape index (κ2) is 8.07. The molecule has 140 valence electrons. The number of amides is 2. The Labute approximate surface area is 145 Å². The molecule has 1 aliphatic rings. The first-order valence-electron chi connectivity index (χ1n) is 7.80. The summed E-state index contributed by atoms with van der Waals surface area (Å²) in [4.78, 5) is 11.7. The van der Waals surface area contributed by atoms with Crippen molar-refractivity contribution in [3.05, 3.63) is 29.8 Å². The van der Waals surface area contributed by atoms with Gasteiger partial charge in [-0.3, -0.25) is 0 Å². The van der Waals surface area contributed by atoms with Gasteiger partial charge in [0, 0.05) is 31.4 Å². The molecule has 2 N–H and O–H groups in total. The Balaban J connectivity index is 1.83. The average molecular weight is 377 g/mol. The molecule has 0 spiro atoms. The summed E-state index contributed by atoms with van der Waals surface area (Å²) >= 11 is 0. The van der Waals surface area contributed by atoms with Gasteiger partial charge in [0.2, 0.25) is 10.0 Å². The minimum Gasteiger partial charge on any atom is -0.373 e. The first kappa shape index (κ1) is 19.5. The van der Waals surface area contributed by atoms with E-state index in [-0.39, 0.29) is 43.3 Å². The van der Waals surface area contributed by atoms with Crippen molar-refractivity contribution in [2.75, 3.05) is 30.7 Å². The molecule has 1 fully saturated rings. The summed E-state index contributed by atoms with van der Waals surface area (Å²) in [6, 6.07) is 1.84. The molecule has 0 bridgehead atoms. The first-order valence-corrected chi connectivity index (χ1v) is 9.41. The third-order valence-electron chi connectivity index (χ3n) is 3.55. The number of anilines is 1. The second-order valence-corrected chi connectivity index (χ2v) is 8.02. The third-order valence-corrected chi connectivity index (χ3v) is 5.35. The van der Waals surface area contributed by atoms with E-state index in [0.29, 0.717) is 6.07 Å². The number of morpholine rings is 1. The zero-order valence-electron chi connectivity index (χ0n) is 14.0. The Kier molecular flexibility index (Phi) is 6.31. The standard InChI is InChI=1S/C15H21F2N3O4S/c1-10-8-20(9-11(2)24-10)25(22,23)4-3-18-15(21)19-14-6-12(16)5-13(17)7-14/h5-7,10-11H,3-4,8-9H2,1-2H3,(H2,18,19,21). The molecule has 2 amide bonds. The van der Waals surface area contributed by atoms with Crippen molar-refractivity contribution in [1.29, 1.82) is 0 Å². The number of carbonyl (C=O) groups excluding carboxylic acids is 1. The van der Waals surface area contributed by atoms with Crippen LogP contribution in [-0.2, 0) is 14.8 Å². The molecule has 0 radical (unpaired) electrons. The number of halogens is 2. The van der Waals surface area contributed by atoms with Crippen molar-refractivity contribution in [3.63, 3.8) is 0 Å². The van der Waals surface area contributed by atoms with Gasteiger partial charge in [0.25, 0.3) is 0 Å². The van der Waals surface area contributed by atoms with Crippen molar-refractivity contribution in [3.8, 4) is 0 Å². The number of carbonyl (C=O) groups is 1. The Morgan fingerprint density at radius 1 is 1.20 bits per heavy atom. The molecule has 10 heteroatoms. The summed E-state index contributed by atoms with van der Waals surface area (Å²) in [5, 5.41) is 4.60. The molecule has 1 heterocycles. The lowest BCUT2D eigenvalue weighted by Crippen LogP contribution is -2.49. The van der Waals surface area contributed by atoms with Crippen molar-refractivity contribution >= 4 is 21.7 Å². The van der Waals surface area contributed by atoms with Crippen LogP contribution in [-0.4, -0.2) is 56.3 Å². The lowest BCUT2D eigenvalue weighted by atomic mass is 10.3. The van der Waals surface area contributed by atoms with E-state index in [4.69, 9.17) is 4.74 Å². The Bertz CT molecular complexity index is 699. The summed E-state index contributed by atoms with van der Waals surface area (Å²) in [5.41, 5.74) is -0.0614. The Hall–Kier alpha value is -1.78. The number of ether oxygens (including phenoxy) is 1. The predicted molar refractivity (Wildman–Crippen MR) is 88.7 cm³/mol. The van der Waals surface area contributed by atoms with Crippen LogP contribution in [0.4, 0.5) is 19.3 Å². The van der Waals surface area contributed by atoms with Crippen LogP contribution in [0.15, 0.2) is 18.2 Å². The fourth-order valence-electron chi connectivity index (χ4n) is 2.58. The van der Waals surface area contributed by atoms with Gasteiger partial charge in [-0.25, -0.2) is 22.0 Å². The predicted octanol–water partition coefficient (Wildman–Crippen LogP) is 1.53. The van der Waals surface area contributed by atoms with Crippen LogP contribution < -0.4 is 10.6 Å². The van der Waals surface area contributed by atoms with Crippen LogP contribution in [0.2, 0.25) is 0 Å². The van der Waals surface area contributed by atoms with Crippen LogP contribution in [0, 0.1) is 11.6 Å². The SMILES string of the molecule is CC1CN(S(=O)(=O)CCNC(=O)Nc2cc(F)cc(F)c2)CC(C)O1. The summed E-state index contributed by atoms with van der Waals surface area (Å²) in [6.45, 7) is 3.99. The van der Waals surface area contributed by atoms with Crippen LogP contribution in [0.3, 0.4) is 0 Å². The second-order valence-electron chi connectivity index (χ2n) is 5.93. The quantitative estimate of drug-likeness (QED) is 0.815. The minimum atomic E-state index is -3.54. The molecule has 2 rings (SSSR count). The number of nitrogens with zero attached hydrogens (tertiary/aromatic N) is 1. The molecule has 2 unspecified atom stereocenters. The number of hydrogen-bond donors (Lipinski definition) is 2. The molecule has 1 aromatic rings. The largest absolute Gasteiger partial charge is 0.373 e. The maximum atomic E-state index is 13.0.